The molecule has 2 N–H and O–H groups in total. The van der Waals surface area contributed by atoms with Gasteiger partial charge in [-0.05, 0) is 40.5 Å². The second-order valence-corrected chi connectivity index (χ2v) is 5.49. The van der Waals surface area contributed by atoms with Crippen molar-refractivity contribution in [3.8, 4) is 0 Å². The van der Waals surface area contributed by atoms with E-state index in [4.69, 9.17) is 20.2 Å². The first-order chi connectivity index (χ1) is 9.16. The lowest BCUT2D eigenvalue weighted by atomic mass is 9.99. The lowest BCUT2D eigenvalue weighted by Crippen LogP contribution is -2.20. The summed E-state index contributed by atoms with van der Waals surface area (Å²) in [4.78, 5) is 16.2. The molecule has 0 aliphatic rings. The van der Waals surface area contributed by atoms with Gasteiger partial charge in [-0.3, -0.25) is 0 Å². The lowest BCUT2D eigenvalue weighted by molar-refractivity contribution is 0.312. The molecule has 0 aromatic heterocycles. The number of hydrogen-bond acceptors (Lipinski definition) is 6. The Hall–Kier alpha value is -1.60. The Bertz CT molecular complexity index is 242. The predicted molar refractivity (Wildman–Crippen MR) is 78.0 cm³/mol. The Kier molecular flexibility index (Phi) is 16.2. The molecule has 0 bridgehead atoms. The summed E-state index contributed by atoms with van der Waals surface area (Å²) in [5.41, 5.74) is 0.0273. The quantitative estimate of drug-likeness (QED) is 0.411. The van der Waals surface area contributed by atoms with Crippen LogP contribution in [-0.4, -0.2) is 21.5 Å². The molecule has 0 aromatic rings. The monoisotopic (exact) mass is 292 g/mol. The van der Waals surface area contributed by atoms with E-state index >= 15 is 0 Å². The molecule has 0 atom stereocenters. The van der Waals surface area contributed by atoms with Gasteiger partial charge in [0.2, 0.25) is 0 Å². The lowest BCUT2D eigenvalue weighted by Gasteiger charge is -2.22. The number of azo groups is 1. The first-order valence-corrected chi connectivity index (χ1v) is 6.53. The highest BCUT2D eigenvalue weighted by Crippen LogP contribution is 2.22. The maximum absolute atomic E-state index is 8.11. The van der Waals surface area contributed by atoms with E-state index in [2.05, 4.69) is 51.8 Å². The van der Waals surface area contributed by atoms with Crippen LogP contribution < -0.4 is 0 Å². The number of hydrogen-bond donors (Lipinski definition) is 2. The fourth-order valence-electron chi connectivity index (χ4n) is 1.59. The Morgan fingerprint density at radius 1 is 0.750 bits per heavy atom. The molecular formula is C12H28N4O4. The fraction of sp³-hybridized carbons (Fsp3) is 1.00. The van der Waals surface area contributed by atoms with Gasteiger partial charge < -0.3 is 10.4 Å². The van der Waals surface area contributed by atoms with Crippen molar-refractivity contribution >= 4 is 0 Å². The molecule has 0 aromatic carbocycles. The molecule has 0 aliphatic heterocycles. The van der Waals surface area contributed by atoms with E-state index < -0.39 is 0 Å². The van der Waals surface area contributed by atoms with E-state index in [-0.39, 0.29) is 11.1 Å². The molecule has 20 heavy (non-hydrogen) atoms. The van der Waals surface area contributed by atoms with Crippen molar-refractivity contribution in [3.63, 3.8) is 0 Å². The molecule has 120 valence electrons. The van der Waals surface area contributed by atoms with Gasteiger partial charge in [0.05, 0.1) is 11.1 Å². The smallest absolute Gasteiger partial charge is 0.152 e. The topological polar surface area (TPSA) is 124 Å². The van der Waals surface area contributed by atoms with Crippen LogP contribution in [-0.2, 0) is 0 Å². The van der Waals surface area contributed by atoms with Crippen molar-refractivity contribution in [2.45, 2.75) is 78.3 Å². The van der Waals surface area contributed by atoms with Crippen molar-refractivity contribution in [2.75, 3.05) is 0 Å². The summed E-state index contributed by atoms with van der Waals surface area (Å²) in [6.07, 6.45) is 4.55. The van der Waals surface area contributed by atoms with Crippen LogP contribution in [0, 0.1) is 9.81 Å². The number of rotatable bonds is 6. The van der Waals surface area contributed by atoms with Crippen molar-refractivity contribution in [2.24, 2.45) is 20.9 Å². The van der Waals surface area contributed by atoms with Crippen molar-refractivity contribution < 1.29 is 10.4 Å². The van der Waals surface area contributed by atoms with E-state index in [1.165, 1.54) is 23.5 Å². The zero-order valence-electron chi connectivity index (χ0n) is 13.3. The third-order valence-electron chi connectivity index (χ3n) is 2.32. The molecule has 0 saturated heterocycles. The highest BCUT2D eigenvalue weighted by molar-refractivity contribution is 4.79. The summed E-state index contributed by atoms with van der Waals surface area (Å²) in [6, 6.07) is 0. The summed E-state index contributed by atoms with van der Waals surface area (Å²) in [6.45, 7) is 13.0. The van der Waals surface area contributed by atoms with Gasteiger partial charge in [-0.1, -0.05) is 26.7 Å². The van der Waals surface area contributed by atoms with Crippen molar-refractivity contribution in [1.82, 2.24) is 0 Å². The molecule has 8 heteroatoms. The first-order valence-electron chi connectivity index (χ1n) is 6.53. The third-order valence-corrected chi connectivity index (χ3v) is 2.32. The van der Waals surface area contributed by atoms with Gasteiger partial charge in [0, 0.05) is 0 Å². The van der Waals surface area contributed by atoms with Crippen LogP contribution in [0.25, 0.3) is 0 Å². The summed E-state index contributed by atoms with van der Waals surface area (Å²) < 4.78 is 0. The normalized spacial score (nSPS) is 10.9. The largest absolute Gasteiger partial charge is 0.379 e. The van der Waals surface area contributed by atoms with Crippen LogP contribution >= 0.6 is 0 Å². The van der Waals surface area contributed by atoms with Crippen molar-refractivity contribution in [1.29, 1.82) is 0 Å². The third kappa shape index (κ3) is 21.7. The van der Waals surface area contributed by atoms with Gasteiger partial charge >= 0.3 is 0 Å². The molecule has 0 saturated carbocycles. The minimum atomic E-state index is 0.0137. The Balaban J connectivity index is -0.000000408. The molecule has 0 unspecified atom stereocenters. The minimum absolute atomic E-state index is 0.0137. The first kappa shape index (κ1) is 23.5. The average Bonchev–Trinajstić information content (AvgIpc) is 2.29. The second-order valence-electron chi connectivity index (χ2n) is 5.49. The van der Waals surface area contributed by atoms with Crippen LogP contribution in [0.1, 0.15) is 67.2 Å². The van der Waals surface area contributed by atoms with E-state index in [0.717, 1.165) is 12.8 Å². The van der Waals surface area contributed by atoms with Gasteiger partial charge in [0.15, 0.2) is 10.7 Å². The van der Waals surface area contributed by atoms with Gasteiger partial charge in [-0.15, -0.1) is 9.81 Å². The summed E-state index contributed by atoms with van der Waals surface area (Å²) >= 11 is 0. The predicted octanol–water partition coefficient (Wildman–Crippen LogP) is 4.88. The van der Waals surface area contributed by atoms with Crippen LogP contribution in [0.2, 0.25) is 0 Å². The van der Waals surface area contributed by atoms with Gasteiger partial charge in [0.1, 0.15) is 0 Å². The summed E-state index contributed by atoms with van der Waals surface area (Å²) in [7, 11) is 0. The van der Waals surface area contributed by atoms with Crippen LogP contribution in [0.3, 0.4) is 0 Å². The standard InChI is InChI=1S/C12H26N2.2HNO2/c1-7-9-11(3,4)13-14-12(5,6)10-8-2;2*2-1-3/h7-10H2,1-6H3;2*(H,2,3). The molecule has 0 fully saturated rings. The van der Waals surface area contributed by atoms with E-state index in [0.29, 0.717) is 0 Å². The Morgan fingerprint density at radius 3 is 1.10 bits per heavy atom. The molecule has 0 spiro atoms. The zero-order valence-corrected chi connectivity index (χ0v) is 13.3. The van der Waals surface area contributed by atoms with Crippen LogP contribution in [0.4, 0.5) is 0 Å². The SMILES string of the molecule is CCCC(C)(C)N=NC(C)(C)CCC.O=NO.O=NO. The highest BCUT2D eigenvalue weighted by atomic mass is 16.6. The molecule has 8 nitrogen and oxygen atoms in total. The van der Waals surface area contributed by atoms with Crippen LogP contribution in [0.15, 0.2) is 20.9 Å². The van der Waals surface area contributed by atoms with E-state index in [1.807, 2.05) is 0 Å². The molecule has 0 amide bonds. The average molecular weight is 292 g/mol. The molecule has 0 aliphatic carbocycles. The fourth-order valence-corrected chi connectivity index (χ4v) is 1.59. The van der Waals surface area contributed by atoms with Gasteiger partial charge in [-0.25, -0.2) is 0 Å². The number of nitrogens with zero attached hydrogens (tertiary/aromatic N) is 4. The molecule has 0 radical (unpaired) electrons. The Morgan fingerprint density at radius 2 is 0.950 bits per heavy atom. The summed E-state index contributed by atoms with van der Waals surface area (Å²) in [5, 5.41) is 24.7. The second kappa shape index (κ2) is 13.8. The summed E-state index contributed by atoms with van der Waals surface area (Å²) in [5.74, 6) is 0. The Labute approximate surface area is 120 Å². The zero-order chi connectivity index (χ0) is 16.7. The molecular weight excluding hydrogens is 264 g/mol. The maximum Gasteiger partial charge on any atom is 0.152 e. The van der Waals surface area contributed by atoms with Crippen molar-refractivity contribution in [3.05, 3.63) is 9.81 Å². The maximum atomic E-state index is 8.11. The van der Waals surface area contributed by atoms with Gasteiger partial charge in [0.25, 0.3) is 0 Å². The van der Waals surface area contributed by atoms with E-state index in [1.54, 1.807) is 0 Å². The highest BCUT2D eigenvalue weighted by Gasteiger charge is 2.19. The van der Waals surface area contributed by atoms with Gasteiger partial charge in [-0.2, -0.15) is 10.2 Å². The molecule has 0 heterocycles. The molecule has 0 rings (SSSR count). The minimum Gasteiger partial charge on any atom is -0.379 e. The van der Waals surface area contributed by atoms with E-state index in [9.17, 15) is 0 Å². The van der Waals surface area contributed by atoms with Crippen LogP contribution in [0.5, 0.6) is 0 Å².